The van der Waals surface area contributed by atoms with Crippen molar-refractivity contribution in [3.8, 4) is 0 Å². The van der Waals surface area contributed by atoms with Crippen molar-refractivity contribution >= 4 is 74.7 Å². The van der Waals surface area contributed by atoms with Gasteiger partial charge in [0.05, 0.1) is 0 Å². The first-order valence-corrected chi connectivity index (χ1v) is 24.4. The maximum absolute atomic E-state index is 10.4. The maximum atomic E-state index is 10.4. The minimum atomic E-state index is -4.00. The minimum absolute atomic E-state index is 0. The molecule has 26 heteroatoms. The van der Waals surface area contributed by atoms with Crippen LogP contribution in [0.1, 0.15) is 205 Å². The molecule has 0 saturated heterocycles. The Bertz CT molecular complexity index is 435. The van der Waals surface area contributed by atoms with Crippen molar-refractivity contribution in [2.45, 2.75) is 211 Å². The molecule has 0 unspecified atom stereocenters. The highest BCUT2D eigenvalue weighted by atomic mass is 19.4. The number of halogens is 3. The molecule has 0 rings (SSSR count). The van der Waals surface area contributed by atoms with Gasteiger partial charge in [-0.15, -0.1) is 0 Å². The molecule has 0 bridgehead atoms. The molecule has 0 aromatic rings. The van der Waals surface area contributed by atoms with Crippen LogP contribution in [0, 0.1) is 35.5 Å². The molecule has 0 radical (unpaired) electrons. The summed E-state index contributed by atoms with van der Waals surface area (Å²) in [6, 6.07) is 0. The summed E-state index contributed by atoms with van der Waals surface area (Å²) < 4.78 is 31.1. The third-order valence-corrected chi connectivity index (χ3v) is 4.90. The van der Waals surface area contributed by atoms with E-state index in [0.29, 0.717) is 0 Å². The molecular formula is C55H160F3N11O12. The first-order valence-electron chi connectivity index (χ1n) is 24.4. The van der Waals surface area contributed by atoms with E-state index in [2.05, 4.69) is 159 Å². The van der Waals surface area contributed by atoms with Crippen LogP contribution in [0.25, 0.3) is 0 Å². The van der Waals surface area contributed by atoms with Gasteiger partial charge in [0, 0.05) is 13.5 Å². The first-order chi connectivity index (χ1) is 36.0. The van der Waals surface area contributed by atoms with E-state index in [1.807, 2.05) is 102 Å². The summed E-state index contributed by atoms with van der Waals surface area (Å²) in [7, 11) is 9.00. The van der Waals surface area contributed by atoms with Crippen LogP contribution in [0.4, 0.5) is 13.2 Å². The number of alkyl halides is 3. The number of aliphatic hydroxyl groups excluding tert-OH is 1. The summed E-state index contributed by atoms with van der Waals surface area (Å²) in [4.78, 5) is 88.0. The van der Waals surface area contributed by atoms with Crippen molar-refractivity contribution in [3.63, 3.8) is 0 Å². The third kappa shape index (κ3) is 6970. The molecule has 0 aromatic carbocycles. The highest BCUT2D eigenvalue weighted by Gasteiger charge is 2.15. The Labute approximate surface area is 504 Å². The Morgan fingerprint density at radius 2 is 0.284 bits per heavy atom. The van der Waals surface area contributed by atoms with Crippen LogP contribution in [0.3, 0.4) is 0 Å². The standard InChI is InChI=1S/6C5H12.C2H3F3.C2H6O.2C2H6.6CH5N.11CH2O.5H3N/c6*1-4-5(2)3;1-2(3,4)5;1-2-3;19*1-2;;;;;/h6*5H,4H2,1-3H3;1H3;3H,2H2,1H3;2*1-2H3;6*2H2,1H3;11*1H2;5*1H3. The lowest BCUT2D eigenvalue weighted by Crippen LogP contribution is -1.95. The zero-order chi connectivity index (χ0) is 70.9. The number of nitrogens with two attached hydrogens (primary N) is 6. The molecule has 0 spiro atoms. The molecular weight excluding hydrogens is 1060 g/mol. The number of hydrogen-bond donors (Lipinski definition) is 12. The Morgan fingerprint density at radius 1 is 0.272 bits per heavy atom. The maximum Gasteiger partial charge on any atom is 0.386 e. The molecule has 0 aromatic heterocycles. The van der Waals surface area contributed by atoms with Crippen molar-refractivity contribution < 1.29 is 71.0 Å². The monoisotopic (exact) mass is 1220 g/mol. The zero-order valence-electron chi connectivity index (χ0n) is 59.8. The number of aliphatic hydroxyl groups is 1. The van der Waals surface area contributed by atoms with Gasteiger partial charge < -0.3 is 123 Å². The van der Waals surface area contributed by atoms with Crippen LogP contribution >= 0.6 is 0 Å². The molecule has 0 aliphatic carbocycles. The lowest BCUT2D eigenvalue weighted by molar-refractivity contribution is -0.110. The average Bonchev–Trinajstić information content (AvgIpc) is 3.51. The van der Waals surface area contributed by atoms with Gasteiger partial charge in [-0.2, -0.15) is 13.2 Å². The molecule has 0 atom stereocenters. The number of hydrogen-bond acceptors (Lipinski definition) is 23. The van der Waals surface area contributed by atoms with Crippen LogP contribution in [0.2, 0.25) is 0 Å². The van der Waals surface area contributed by atoms with Crippen LogP contribution in [0.5, 0.6) is 0 Å². The van der Waals surface area contributed by atoms with E-state index < -0.39 is 6.18 Å². The lowest BCUT2D eigenvalue weighted by Gasteiger charge is -1.90. The van der Waals surface area contributed by atoms with E-state index in [1.54, 1.807) is 6.92 Å². The van der Waals surface area contributed by atoms with Gasteiger partial charge in [0.15, 0.2) is 0 Å². The molecule has 528 valence electrons. The molecule has 23 nitrogen and oxygen atoms in total. The number of carbonyl (C=O) groups is 11. The fraction of sp³-hybridized carbons (Fsp3) is 0.800. The number of rotatable bonds is 6. The van der Waals surface area contributed by atoms with Gasteiger partial charge in [0.25, 0.3) is 0 Å². The molecule has 0 aliphatic rings. The molecule has 0 aliphatic heterocycles. The van der Waals surface area contributed by atoms with Crippen molar-refractivity contribution in [1.29, 1.82) is 0 Å². The van der Waals surface area contributed by atoms with Crippen LogP contribution in [0.15, 0.2) is 0 Å². The van der Waals surface area contributed by atoms with Crippen LogP contribution in [-0.4, -0.2) is 135 Å². The average molecular weight is 1220 g/mol. The van der Waals surface area contributed by atoms with E-state index in [9.17, 15) is 13.2 Å². The van der Waals surface area contributed by atoms with Gasteiger partial charge in [0.1, 0.15) is 74.7 Å². The smallest absolute Gasteiger partial charge is 0.386 e. The predicted octanol–water partition coefficient (Wildman–Crippen LogP) is 12.2. The van der Waals surface area contributed by atoms with Gasteiger partial charge >= 0.3 is 6.18 Å². The van der Waals surface area contributed by atoms with Gasteiger partial charge in [0.2, 0.25) is 0 Å². The largest absolute Gasteiger partial charge is 0.397 e. The quantitative estimate of drug-likeness (QED) is 0.117. The van der Waals surface area contributed by atoms with E-state index >= 15 is 0 Å². The highest BCUT2D eigenvalue weighted by Crippen LogP contribution is 2.10. The molecule has 0 amide bonds. The van der Waals surface area contributed by atoms with Crippen molar-refractivity contribution in [3.05, 3.63) is 0 Å². The van der Waals surface area contributed by atoms with E-state index in [0.717, 1.165) is 35.5 Å². The third-order valence-electron chi connectivity index (χ3n) is 4.90. The molecule has 28 N–H and O–H groups in total. The van der Waals surface area contributed by atoms with Gasteiger partial charge in [-0.1, -0.05) is 191 Å². The molecule has 0 heterocycles. The van der Waals surface area contributed by atoms with E-state index in [-0.39, 0.29) is 44.3 Å². The van der Waals surface area contributed by atoms with Gasteiger partial charge in [-0.3, -0.25) is 0 Å². The second kappa shape index (κ2) is 593. The summed E-state index contributed by atoms with van der Waals surface area (Å²) in [5, 5.41) is 7.57. The topological polar surface area (TPSA) is 539 Å². The van der Waals surface area contributed by atoms with Crippen molar-refractivity contribution in [2.24, 2.45) is 69.9 Å². The SMILES string of the molecule is C=O.C=O.C=O.C=O.C=O.C=O.C=O.C=O.C=O.C=O.C=O.CC.CC.CC(F)(F)F.CCC(C)C.CCC(C)C.CCC(C)C.CCC(C)C.CCC(C)C.CCC(C)C.CCO.CN.CN.CN.CN.CN.CN.N.N.N.N.N. The summed E-state index contributed by atoms with van der Waals surface area (Å²) >= 11 is 0. The van der Waals surface area contributed by atoms with E-state index in [1.165, 1.54) is 80.8 Å². The Balaban J connectivity index is -0.0000000104. The molecule has 0 saturated carbocycles. The predicted molar refractivity (Wildman–Crippen MR) is 362 cm³/mol. The van der Waals surface area contributed by atoms with Crippen molar-refractivity contribution in [1.82, 2.24) is 30.8 Å². The highest BCUT2D eigenvalue weighted by molar-refractivity contribution is 5.12. The van der Waals surface area contributed by atoms with Crippen LogP contribution < -0.4 is 65.2 Å². The minimum Gasteiger partial charge on any atom is -0.397 e. The Morgan fingerprint density at radius 3 is 0.284 bits per heavy atom. The normalized spacial score (nSPS) is 5.65. The van der Waals surface area contributed by atoms with E-state index in [4.69, 9.17) is 57.8 Å². The molecule has 0 fully saturated rings. The number of carbonyl (C=O) groups excluding carboxylic acids is 11. The lowest BCUT2D eigenvalue weighted by atomic mass is 10.2. The Kier molecular flexibility index (Phi) is 1610. The second-order valence-corrected chi connectivity index (χ2v) is 11.9. The van der Waals surface area contributed by atoms with Gasteiger partial charge in [-0.25, -0.2) is 0 Å². The Hall–Kier alpha value is -4.32. The summed E-state index contributed by atoms with van der Waals surface area (Å²) in [5.74, 6) is 5.31. The first kappa shape index (κ1) is 220. The summed E-state index contributed by atoms with van der Waals surface area (Å²) in [5.41, 5.74) is 27.0. The fourth-order valence-corrected chi connectivity index (χ4v) is 0. The fourth-order valence-electron chi connectivity index (χ4n) is 0. The summed E-state index contributed by atoms with van der Waals surface area (Å²) in [6.45, 7) is 72.0. The summed E-state index contributed by atoms with van der Waals surface area (Å²) in [6.07, 6.45) is 3.83. The van der Waals surface area contributed by atoms with Gasteiger partial charge in [-0.05, 0) is 84.7 Å². The zero-order valence-corrected chi connectivity index (χ0v) is 59.8. The van der Waals surface area contributed by atoms with Crippen LogP contribution in [-0.2, 0) is 52.7 Å². The molecule has 81 heavy (non-hydrogen) atoms. The van der Waals surface area contributed by atoms with Crippen molar-refractivity contribution in [2.75, 3.05) is 48.9 Å². The second-order valence-electron chi connectivity index (χ2n) is 11.9.